The van der Waals surface area contributed by atoms with Gasteiger partial charge in [-0.2, -0.15) is 0 Å². The number of rotatable bonds is 3. The van der Waals surface area contributed by atoms with Gasteiger partial charge in [0.25, 0.3) is 0 Å². The van der Waals surface area contributed by atoms with Crippen molar-refractivity contribution in [2.75, 3.05) is 29.5 Å². The van der Waals surface area contributed by atoms with E-state index >= 15 is 0 Å². The number of nitrogens with two attached hydrogens (primary N) is 1. The number of carbonyl (C=O) groups is 2. The van der Waals surface area contributed by atoms with Crippen molar-refractivity contribution >= 4 is 40.0 Å². The van der Waals surface area contributed by atoms with Gasteiger partial charge in [0.05, 0.1) is 5.69 Å². The number of hydrogen-bond acceptors (Lipinski definition) is 7. The summed E-state index contributed by atoms with van der Waals surface area (Å²) in [4.78, 5) is 29.7. The lowest BCUT2D eigenvalue weighted by Gasteiger charge is -2.22. The molecule has 0 spiro atoms. The van der Waals surface area contributed by atoms with Gasteiger partial charge in [-0.15, -0.1) is 0 Å². The summed E-state index contributed by atoms with van der Waals surface area (Å²) >= 11 is 0. The topological polar surface area (TPSA) is 151 Å². The average molecular weight is 511 g/mol. The normalized spacial score (nSPS) is 14.9. The molecule has 1 aromatic carbocycles. The molecule has 11 heteroatoms. The molecule has 1 aliphatic carbocycles. The number of pyridine rings is 2. The Labute approximate surface area is 213 Å². The number of nitrogens with one attached hydrogen (secondary N) is 3. The smallest absolute Gasteiger partial charge is 0.410 e. The van der Waals surface area contributed by atoms with Crippen molar-refractivity contribution in [3.63, 3.8) is 0 Å². The predicted octanol–water partition coefficient (Wildman–Crippen LogP) is 4.68. The molecule has 0 saturated heterocycles. The fourth-order valence-corrected chi connectivity index (χ4v) is 4.70. The molecule has 5 rings (SSSR count). The first-order chi connectivity index (χ1) is 17.7. The highest BCUT2D eigenvalue weighted by atomic mass is 19.1. The van der Waals surface area contributed by atoms with Crippen LogP contribution in [0.3, 0.4) is 0 Å². The minimum Gasteiger partial charge on any atom is -0.474 e. The molecule has 2 aromatic heterocycles. The lowest BCUT2D eigenvalue weighted by atomic mass is 9.95. The zero-order valence-electron chi connectivity index (χ0n) is 20.9. The second kappa shape index (κ2) is 11.3. The van der Waals surface area contributed by atoms with E-state index in [9.17, 15) is 14.0 Å². The van der Waals surface area contributed by atoms with Crippen molar-refractivity contribution in [3.8, 4) is 17.0 Å². The van der Waals surface area contributed by atoms with Crippen molar-refractivity contribution in [3.05, 3.63) is 35.9 Å². The van der Waals surface area contributed by atoms with Crippen LogP contribution in [0.15, 0.2) is 24.5 Å². The average Bonchev–Trinajstić information content (AvgIpc) is 2.87. The summed E-state index contributed by atoms with van der Waals surface area (Å²) < 4.78 is 20.5. The van der Waals surface area contributed by atoms with Gasteiger partial charge in [-0.1, -0.05) is 19.3 Å². The van der Waals surface area contributed by atoms with Crippen LogP contribution in [0.2, 0.25) is 0 Å². The summed E-state index contributed by atoms with van der Waals surface area (Å²) in [6.45, 7) is 4.59. The Morgan fingerprint density at radius 2 is 1.92 bits per heavy atom. The highest BCUT2D eigenvalue weighted by Gasteiger charge is 2.21. The molecule has 2 amide bonds. The molecular weight excluding hydrogens is 479 g/mol. The zero-order chi connectivity index (χ0) is 26.5. The third-order valence-corrected chi connectivity index (χ3v) is 6.48. The number of carbonyl (C=O) groups excluding carboxylic acids is 1. The highest BCUT2D eigenvalue weighted by Crippen LogP contribution is 2.39. The molecule has 0 radical (unpaired) electrons. The van der Waals surface area contributed by atoms with E-state index in [1.54, 1.807) is 19.2 Å². The second-order valence-corrected chi connectivity index (χ2v) is 9.16. The van der Waals surface area contributed by atoms with Gasteiger partial charge in [-0.05, 0) is 42.8 Å². The van der Waals surface area contributed by atoms with Gasteiger partial charge in [0.15, 0.2) is 5.82 Å². The van der Waals surface area contributed by atoms with Crippen LogP contribution in [0.4, 0.5) is 26.4 Å². The number of nitrogen functional groups attached to an aromatic ring is 1. The molecule has 2 aliphatic rings. The molecular formula is C26H31FN6O4. The van der Waals surface area contributed by atoms with E-state index in [4.69, 9.17) is 15.6 Å². The Morgan fingerprint density at radius 1 is 1.16 bits per heavy atom. The second-order valence-electron chi connectivity index (χ2n) is 9.16. The number of carboxylic acid groups (broad SMARTS) is 1. The van der Waals surface area contributed by atoms with E-state index in [0.717, 1.165) is 11.3 Å². The maximum absolute atomic E-state index is 15.0. The molecule has 3 aromatic rings. The van der Waals surface area contributed by atoms with Crippen LogP contribution in [-0.4, -0.2) is 46.3 Å². The molecule has 1 aliphatic heterocycles. The van der Waals surface area contributed by atoms with Crippen LogP contribution in [0, 0.1) is 12.7 Å². The fraction of sp³-hybridized carbons (Fsp3) is 0.385. The van der Waals surface area contributed by atoms with Crippen molar-refractivity contribution < 1.29 is 23.8 Å². The first kappa shape index (κ1) is 25.9. The number of hydrogen-bond donors (Lipinski definition) is 5. The SMILES string of the molecule is CC(=O)NC1CCCCC1.Cc1c(-c2cc3cc(NC(=O)O)ncc3c(N)c2F)cnc2c1NCCO2. The molecule has 0 unspecified atom stereocenters. The minimum atomic E-state index is -1.24. The van der Waals surface area contributed by atoms with Gasteiger partial charge in [0.1, 0.15) is 18.1 Å². The van der Waals surface area contributed by atoms with Crippen LogP contribution in [0.25, 0.3) is 21.9 Å². The summed E-state index contributed by atoms with van der Waals surface area (Å²) in [5, 5.41) is 18.1. The highest BCUT2D eigenvalue weighted by molar-refractivity contribution is 5.99. The van der Waals surface area contributed by atoms with E-state index < -0.39 is 11.9 Å². The van der Waals surface area contributed by atoms with Gasteiger partial charge in [0, 0.05) is 48.4 Å². The monoisotopic (exact) mass is 510 g/mol. The molecule has 0 atom stereocenters. The van der Waals surface area contributed by atoms with Crippen LogP contribution in [0.1, 0.15) is 44.6 Å². The van der Waals surface area contributed by atoms with Crippen molar-refractivity contribution in [2.24, 2.45) is 0 Å². The zero-order valence-corrected chi connectivity index (χ0v) is 20.9. The number of benzene rings is 1. The van der Waals surface area contributed by atoms with Gasteiger partial charge < -0.3 is 26.2 Å². The molecule has 6 N–H and O–H groups in total. The maximum atomic E-state index is 15.0. The number of fused-ring (bicyclic) bond motifs is 2. The number of nitrogens with zero attached hydrogens (tertiary/aromatic N) is 2. The van der Waals surface area contributed by atoms with E-state index in [1.807, 2.05) is 6.92 Å². The third-order valence-electron chi connectivity index (χ3n) is 6.48. The number of aromatic nitrogens is 2. The van der Waals surface area contributed by atoms with Crippen LogP contribution >= 0.6 is 0 Å². The molecule has 10 nitrogen and oxygen atoms in total. The van der Waals surface area contributed by atoms with Gasteiger partial charge in [0.2, 0.25) is 11.8 Å². The number of halogens is 1. The Morgan fingerprint density at radius 3 is 2.62 bits per heavy atom. The molecule has 196 valence electrons. The Kier molecular flexibility index (Phi) is 7.90. The van der Waals surface area contributed by atoms with E-state index in [1.165, 1.54) is 44.4 Å². The molecule has 1 saturated carbocycles. The maximum Gasteiger partial charge on any atom is 0.410 e. The van der Waals surface area contributed by atoms with Gasteiger partial charge in [-0.25, -0.2) is 19.2 Å². The summed E-state index contributed by atoms with van der Waals surface area (Å²) in [5.74, 6) is 0.146. The lowest BCUT2D eigenvalue weighted by molar-refractivity contribution is -0.119. The largest absolute Gasteiger partial charge is 0.474 e. The van der Waals surface area contributed by atoms with Gasteiger partial charge >= 0.3 is 6.09 Å². The fourth-order valence-electron chi connectivity index (χ4n) is 4.70. The van der Waals surface area contributed by atoms with Gasteiger partial charge in [-0.3, -0.25) is 10.1 Å². The Bertz CT molecular complexity index is 1330. The summed E-state index contributed by atoms with van der Waals surface area (Å²) in [5.41, 5.74) is 8.28. The van der Waals surface area contributed by atoms with E-state index in [0.29, 0.717) is 41.4 Å². The standard InChI is InChI=1S/C18H16FN5O3.C8H15NO/c1-8-11(6-23-17-16(8)21-2-3-27-17)10-4-9-5-13(24-18(25)26)22-7-12(9)15(20)14(10)19;1-7(10)9-8-5-3-2-4-6-8/h4-7,21H,2-3,20H2,1H3,(H,22,24)(H,25,26);8H,2-6H2,1H3,(H,9,10). The van der Waals surface area contributed by atoms with Crippen LogP contribution in [-0.2, 0) is 4.79 Å². The third kappa shape index (κ3) is 5.99. The summed E-state index contributed by atoms with van der Waals surface area (Å²) in [6.07, 6.45) is 7.92. The van der Waals surface area contributed by atoms with E-state index in [2.05, 4.69) is 25.9 Å². The van der Waals surface area contributed by atoms with E-state index in [-0.39, 0.29) is 23.0 Å². The number of amides is 2. The quantitative estimate of drug-likeness (QED) is 0.319. The first-order valence-electron chi connectivity index (χ1n) is 12.3. The molecule has 37 heavy (non-hydrogen) atoms. The van der Waals surface area contributed by atoms with Crippen LogP contribution in [0.5, 0.6) is 5.88 Å². The molecule has 3 heterocycles. The first-order valence-corrected chi connectivity index (χ1v) is 12.3. The Balaban J connectivity index is 0.000000270. The van der Waals surface area contributed by atoms with Crippen molar-refractivity contribution in [1.82, 2.24) is 15.3 Å². The molecule has 0 bridgehead atoms. The van der Waals surface area contributed by atoms with Crippen molar-refractivity contribution in [2.45, 2.75) is 52.0 Å². The van der Waals surface area contributed by atoms with Crippen LogP contribution < -0.4 is 26.4 Å². The Hall–Kier alpha value is -4.15. The number of anilines is 3. The molecule has 1 fully saturated rings. The predicted molar refractivity (Wildman–Crippen MR) is 140 cm³/mol. The summed E-state index contributed by atoms with van der Waals surface area (Å²) in [6, 6.07) is 3.59. The number of ether oxygens (including phenoxy) is 1. The minimum absolute atomic E-state index is 0.0572. The lowest BCUT2D eigenvalue weighted by Crippen LogP contribution is -2.34. The summed E-state index contributed by atoms with van der Waals surface area (Å²) in [7, 11) is 0. The van der Waals surface area contributed by atoms with Crippen molar-refractivity contribution in [1.29, 1.82) is 0 Å².